The summed E-state index contributed by atoms with van der Waals surface area (Å²) in [5.41, 5.74) is 2.71. The molecule has 0 unspecified atom stereocenters. The molecule has 2 aromatic carbocycles. The Morgan fingerprint density at radius 1 is 1.24 bits per heavy atom. The van der Waals surface area contributed by atoms with Crippen LogP contribution in [0.15, 0.2) is 53.1 Å². The summed E-state index contributed by atoms with van der Waals surface area (Å²) in [6.07, 6.45) is 2.27. The molecule has 0 N–H and O–H groups in total. The van der Waals surface area contributed by atoms with Crippen LogP contribution in [0.25, 0.3) is 10.9 Å². The minimum atomic E-state index is 0.112. The van der Waals surface area contributed by atoms with Crippen LogP contribution in [0.4, 0.5) is 0 Å². The van der Waals surface area contributed by atoms with E-state index in [-0.39, 0.29) is 5.78 Å². The second kappa shape index (κ2) is 5.66. The zero-order chi connectivity index (χ0) is 15.0. The van der Waals surface area contributed by atoms with E-state index < -0.39 is 0 Å². The number of nitrogens with zero attached hydrogens (tertiary/aromatic N) is 1. The van der Waals surface area contributed by atoms with E-state index in [1.54, 1.807) is 0 Å². The van der Waals surface area contributed by atoms with Gasteiger partial charge in [0, 0.05) is 45.6 Å². The molecule has 0 saturated carbocycles. The standard InChI is InChI=1S/C17H13BrClNO/c1-20-10-15(14-6-5-13(19)9-16(14)20)17(21)8-11-3-2-4-12(18)7-11/h2-7,9-10H,8H2,1H3. The molecule has 2 nitrogen and oxygen atoms in total. The second-order valence-corrected chi connectivity index (χ2v) is 6.40. The molecule has 106 valence electrons. The Balaban J connectivity index is 1.98. The number of benzene rings is 2. The summed E-state index contributed by atoms with van der Waals surface area (Å²) in [6, 6.07) is 13.4. The van der Waals surface area contributed by atoms with Crippen molar-refractivity contribution in [1.82, 2.24) is 4.57 Å². The molecule has 0 spiro atoms. The fraction of sp³-hybridized carbons (Fsp3) is 0.118. The lowest BCUT2D eigenvalue weighted by molar-refractivity contribution is 0.0994. The second-order valence-electron chi connectivity index (χ2n) is 5.05. The largest absolute Gasteiger partial charge is 0.350 e. The highest BCUT2D eigenvalue weighted by Crippen LogP contribution is 2.25. The molecule has 0 atom stereocenters. The van der Waals surface area contributed by atoms with Crippen molar-refractivity contribution < 1.29 is 4.79 Å². The molecule has 3 rings (SSSR count). The van der Waals surface area contributed by atoms with Crippen LogP contribution in [0.2, 0.25) is 5.02 Å². The number of hydrogen-bond donors (Lipinski definition) is 0. The van der Waals surface area contributed by atoms with Crippen LogP contribution in [0, 0.1) is 0 Å². The number of halogens is 2. The molecule has 1 aromatic heterocycles. The van der Waals surface area contributed by atoms with Gasteiger partial charge in [-0.15, -0.1) is 0 Å². The fourth-order valence-corrected chi connectivity index (χ4v) is 3.12. The van der Waals surface area contributed by atoms with Crippen LogP contribution < -0.4 is 0 Å². The average Bonchev–Trinajstić information content (AvgIpc) is 2.76. The molecule has 1 heterocycles. The molecule has 3 aromatic rings. The predicted molar refractivity (Wildman–Crippen MR) is 90.1 cm³/mol. The average molecular weight is 363 g/mol. The first-order chi connectivity index (χ1) is 10.0. The zero-order valence-corrected chi connectivity index (χ0v) is 13.8. The Hall–Kier alpha value is -1.58. The summed E-state index contributed by atoms with van der Waals surface area (Å²) in [6.45, 7) is 0. The maximum Gasteiger partial charge on any atom is 0.169 e. The Kier molecular flexibility index (Phi) is 3.87. The monoisotopic (exact) mass is 361 g/mol. The van der Waals surface area contributed by atoms with Crippen molar-refractivity contribution in [3.05, 3.63) is 69.3 Å². The number of aryl methyl sites for hydroxylation is 1. The number of rotatable bonds is 3. The molecule has 21 heavy (non-hydrogen) atoms. The molecule has 0 bridgehead atoms. The Labute approximate surface area is 136 Å². The molecular weight excluding hydrogens is 350 g/mol. The molecular formula is C17H13BrClNO. The number of fused-ring (bicyclic) bond motifs is 1. The predicted octanol–water partition coefficient (Wildman–Crippen LogP) is 5.02. The van der Waals surface area contributed by atoms with Crippen molar-refractivity contribution in [2.24, 2.45) is 7.05 Å². The van der Waals surface area contributed by atoms with E-state index in [4.69, 9.17) is 11.6 Å². The summed E-state index contributed by atoms with van der Waals surface area (Å²) >= 11 is 9.45. The molecule has 0 amide bonds. The van der Waals surface area contributed by atoms with Gasteiger partial charge >= 0.3 is 0 Å². The SMILES string of the molecule is Cn1cc(C(=O)Cc2cccc(Br)c2)c2ccc(Cl)cc21. The number of ketones is 1. The van der Waals surface area contributed by atoms with Gasteiger partial charge in [-0.2, -0.15) is 0 Å². The fourth-order valence-electron chi connectivity index (χ4n) is 2.51. The highest BCUT2D eigenvalue weighted by molar-refractivity contribution is 9.10. The third-order valence-electron chi connectivity index (χ3n) is 3.51. The maximum absolute atomic E-state index is 12.6. The lowest BCUT2D eigenvalue weighted by atomic mass is 10.0. The molecule has 4 heteroatoms. The van der Waals surface area contributed by atoms with E-state index >= 15 is 0 Å². The Morgan fingerprint density at radius 2 is 2.05 bits per heavy atom. The van der Waals surface area contributed by atoms with Gasteiger partial charge in [-0.1, -0.05) is 45.7 Å². The number of Topliss-reactive ketones (excluding diaryl/α,β-unsaturated/α-hetero) is 1. The van der Waals surface area contributed by atoms with E-state index in [2.05, 4.69) is 15.9 Å². The molecule has 0 aliphatic carbocycles. The molecule has 0 fully saturated rings. The van der Waals surface area contributed by atoms with E-state index in [9.17, 15) is 4.79 Å². The van der Waals surface area contributed by atoms with E-state index in [0.29, 0.717) is 11.4 Å². The van der Waals surface area contributed by atoms with Crippen molar-refractivity contribution in [2.75, 3.05) is 0 Å². The van der Waals surface area contributed by atoms with Crippen LogP contribution in [0.1, 0.15) is 15.9 Å². The minimum absolute atomic E-state index is 0.112. The number of aromatic nitrogens is 1. The first kappa shape index (κ1) is 14.4. The molecule has 0 aliphatic rings. The van der Waals surface area contributed by atoms with E-state index in [0.717, 1.165) is 26.5 Å². The highest BCUT2D eigenvalue weighted by Gasteiger charge is 2.14. The first-order valence-electron chi connectivity index (χ1n) is 6.57. The lowest BCUT2D eigenvalue weighted by Crippen LogP contribution is -2.02. The van der Waals surface area contributed by atoms with E-state index in [1.165, 1.54) is 0 Å². The van der Waals surface area contributed by atoms with Crippen LogP contribution >= 0.6 is 27.5 Å². The molecule has 0 saturated heterocycles. The van der Waals surface area contributed by atoms with Gasteiger partial charge in [0.05, 0.1) is 0 Å². The lowest BCUT2D eigenvalue weighted by Gasteiger charge is -2.01. The van der Waals surface area contributed by atoms with Crippen molar-refractivity contribution in [2.45, 2.75) is 6.42 Å². The van der Waals surface area contributed by atoms with Crippen LogP contribution in [-0.2, 0) is 13.5 Å². The van der Waals surface area contributed by atoms with Gasteiger partial charge in [0.15, 0.2) is 5.78 Å². The van der Waals surface area contributed by atoms with Gasteiger partial charge in [0.25, 0.3) is 0 Å². The quantitative estimate of drug-likeness (QED) is 0.600. The van der Waals surface area contributed by atoms with Crippen molar-refractivity contribution in [1.29, 1.82) is 0 Å². The third kappa shape index (κ3) is 2.89. The van der Waals surface area contributed by atoms with Gasteiger partial charge < -0.3 is 4.57 Å². The number of carbonyl (C=O) groups is 1. The van der Waals surface area contributed by atoms with Crippen LogP contribution in [-0.4, -0.2) is 10.4 Å². The van der Waals surface area contributed by atoms with Gasteiger partial charge in [0.2, 0.25) is 0 Å². The zero-order valence-electron chi connectivity index (χ0n) is 11.4. The molecule has 0 aliphatic heterocycles. The Morgan fingerprint density at radius 3 is 2.81 bits per heavy atom. The first-order valence-corrected chi connectivity index (χ1v) is 7.74. The Bertz CT molecular complexity index is 838. The normalized spacial score (nSPS) is 11.0. The topological polar surface area (TPSA) is 22.0 Å². The smallest absolute Gasteiger partial charge is 0.169 e. The summed E-state index contributed by atoms with van der Waals surface area (Å²) in [5, 5.41) is 1.62. The summed E-state index contributed by atoms with van der Waals surface area (Å²) in [4.78, 5) is 12.6. The third-order valence-corrected chi connectivity index (χ3v) is 4.24. The number of hydrogen-bond acceptors (Lipinski definition) is 1. The van der Waals surface area contributed by atoms with Crippen LogP contribution in [0.5, 0.6) is 0 Å². The summed E-state index contributed by atoms with van der Waals surface area (Å²) in [5.74, 6) is 0.112. The highest BCUT2D eigenvalue weighted by atomic mass is 79.9. The van der Waals surface area contributed by atoms with Gasteiger partial charge in [-0.3, -0.25) is 4.79 Å². The maximum atomic E-state index is 12.6. The van der Waals surface area contributed by atoms with Crippen molar-refractivity contribution >= 4 is 44.2 Å². The van der Waals surface area contributed by atoms with Gasteiger partial charge in [-0.05, 0) is 29.8 Å². The summed E-state index contributed by atoms with van der Waals surface area (Å²) < 4.78 is 2.92. The van der Waals surface area contributed by atoms with Gasteiger partial charge in [-0.25, -0.2) is 0 Å². The van der Waals surface area contributed by atoms with E-state index in [1.807, 2.05) is 60.3 Å². The van der Waals surface area contributed by atoms with Crippen molar-refractivity contribution in [3.8, 4) is 0 Å². The number of carbonyl (C=O) groups excluding carboxylic acids is 1. The minimum Gasteiger partial charge on any atom is -0.350 e. The summed E-state index contributed by atoms with van der Waals surface area (Å²) in [7, 11) is 1.93. The molecule has 0 radical (unpaired) electrons. The van der Waals surface area contributed by atoms with Gasteiger partial charge in [0.1, 0.15) is 0 Å². The van der Waals surface area contributed by atoms with Crippen molar-refractivity contribution in [3.63, 3.8) is 0 Å². The van der Waals surface area contributed by atoms with Crippen LogP contribution in [0.3, 0.4) is 0 Å².